The molecule has 1 aliphatic rings. The van der Waals surface area contributed by atoms with Crippen LogP contribution in [0.3, 0.4) is 0 Å². The van der Waals surface area contributed by atoms with E-state index in [-0.39, 0.29) is 24.1 Å². The van der Waals surface area contributed by atoms with Crippen LogP contribution in [-0.2, 0) is 18.4 Å². The van der Waals surface area contributed by atoms with Crippen molar-refractivity contribution in [1.82, 2.24) is 19.7 Å². The first-order valence-electron chi connectivity index (χ1n) is 9.70. The van der Waals surface area contributed by atoms with Crippen LogP contribution in [0.1, 0.15) is 33.1 Å². The second-order valence-corrected chi connectivity index (χ2v) is 7.89. The van der Waals surface area contributed by atoms with Crippen molar-refractivity contribution in [2.24, 2.45) is 18.9 Å². The average molecular weight is 366 g/mol. The Kier molecular flexibility index (Phi) is 4.50. The van der Waals surface area contributed by atoms with Gasteiger partial charge in [-0.1, -0.05) is 44.9 Å². The highest BCUT2D eigenvalue weighted by atomic mass is 16.2. The Bertz CT molecular complexity index is 1070. The Morgan fingerprint density at radius 2 is 2.00 bits per heavy atom. The van der Waals surface area contributed by atoms with Crippen LogP contribution in [0, 0.1) is 11.8 Å². The number of nitrogens with zero attached hydrogens (tertiary/aromatic N) is 3. The summed E-state index contributed by atoms with van der Waals surface area (Å²) in [5, 5.41) is 9.21. The van der Waals surface area contributed by atoms with Gasteiger partial charge in [-0.25, -0.2) is 4.68 Å². The Morgan fingerprint density at radius 3 is 2.81 bits per heavy atom. The summed E-state index contributed by atoms with van der Waals surface area (Å²) < 4.78 is 3.15. The van der Waals surface area contributed by atoms with Gasteiger partial charge in [0.25, 0.3) is 5.56 Å². The highest BCUT2D eigenvalue weighted by Gasteiger charge is 2.28. The Balaban J connectivity index is 1.62. The summed E-state index contributed by atoms with van der Waals surface area (Å²) in [7, 11) is 1.88. The van der Waals surface area contributed by atoms with Gasteiger partial charge in [-0.2, -0.15) is 5.10 Å². The highest BCUT2D eigenvalue weighted by molar-refractivity contribution is 6.07. The number of para-hydroxylation sites is 1. The van der Waals surface area contributed by atoms with Crippen molar-refractivity contribution in [1.29, 1.82) is 0 Å². The Morgan fingerprint density at radius 1 is 1.22 bits per heavy atom. The summed E-state index contributed by atoms with van der Waals surface area (Å²) in [6, 6.07) is 8.05. The van der Waals surface area contributed by atoms with Crippen molar-refractivity contribution in [2.45, 2.75) is 45.7 Å². The number of benzene rings is 1. The van der Waals surface area contributed by atoms with E-state index in [9.17, 15) is 9.59 Å². The third-order valence-electron chi connectivity index (χ3n) is 6.26. The zero-order chi connectivity index (χ0) is 19.1. The molecule has 1 fully saturated rings. The number of carbonyl (C=O) groups is 1. The summed E-state index contributed by atoms with van der Waals surface area (Å²) in [6.45, 7) is 4.39. The SMILES string of the molecule is CC1CCCC(NC(=O)Cn2ncc3c4ccccc4n(C)c3c2=O)C1C. The summed E-state index contributed by atoms with van der Waals surface area (Å²) in [5.41, 5.74) is 1.34. The first-order valence-corrected chi connectivity index (χ1v) is 9.70. The molecular weight excluding hydrogens is 340 g/mol. The van der Waals surface area contributed by atoms with Crippen molar-refractivity contribution in [3.8, 4) is 0 Å². The fraction of sp³-hybridized carbons (Fsp3) is 0.476. The summed E-state index contributed by atoms with van der Waals surface area (Å²) >= 11 is 0. The van der Waals surface area contributed by atoms with Crippen LogP contribution in [0.5, 0.6) is 0 Å². The molecule has 1 aromatic carbocycles. The Labute approximate surface area is 158 Å². The zero-order valence-corrected chi connectivity index (χ0v) is 16.1. The van der Waals surface area contributed by atoms with Crippen molar-refractivity contribution >= 4 is 27.7 Å². The van der Waals surface area contributed by atoms with Gasteiger partial charge in [0.1, 0.15) is 12.1 Å². The maximum Gasteiger partial charge on any atom is 0.291 e. The van der Waals surface area contributed by atoms with Gasteiger partial charge in [-0.3, -0.25) is 9.59 Å². The first-order chi connectivity index (χ1) is 13.0. The molecule has 0 bridgehead atoms. The van der Waals surface area contributed by atoms with Gasteiger partial charge in [-0.15, -0.1) is 0 Å². The molecule has 6 nitrogen and oxygen atoms in total. The second kappa shape index (κ2) is 6.83. The minimum Gasteiger partial charge on any atom is -0.351 e. The molecule has 4 rings (SSSR count). The lowest BCUT2D eigenvalue weighted by molar-refractivity contribution is -0.123. The Hall–Kier alpha value is -2.63. The van der Waals surface area contributed by atoms with E-state index in [1.165, 1.54) is 11.1 Å². The third kappa shape index (κ3) is 3.03. The molecule has 1 N–H and O–H groups in total. The number of carbonyl (C=O) groups excluding carboxylic acids is 1. The predicted molar refractivity (Wildman–Crippen MR) is 107 cm³/mol. The van der Waals surface area contributed by atoms with E-state index >= 15 is 0 Å². The second-order valence-electron chi connectivity index (χ2n) is 7.89. The van der Waals surface area contributed by atoms with Crippen LogP contribution >= 0.6 is 0 Å². The van der Waals surface area contributed by atoms with Crippen LogP contribution in [0.25, 0.3) is 21.8 Å². The smallest absolute Gasteiger partial charge is 0.291 e. The number of fused-ring (bicyclic) bond motifs is 3. The van der Waals surface area contributed by atoms with Crippen molar-refractivity contribution in [2.75, 3.05) is 0 Å². The van der Waals surface area contributed by atoms with E-state index in [1.54, 1.807) is 6.20 Å². The quantitative estimate of drug-likeness (QED) is 0.775. The minimum atomic E-state index is -0.230. The summed E-state index contributed by atoms with van der Waals surface area (Å²) in [4.78, 5) is 25.5. The van der Waals surface area contributed by atoms with E-state index < -0.39 is 0 Å². The van der Waals surface area contributed by atoms with Crippen LogP contribution in [0.15, 0.2) is 35.3 Å². The first kappa shape index (κ1) is 17.8. The van der Waals surface area contributed by atoms with E-state index in [0.29, 0.717) is 17.4 Å². The van der Waals surface area contributed by atoms with Gasteiger partial charge >= 0.3 is 0 Å². The molecule has 1 aliphatic carbocycles. The minimum absolute atomic E-state index is 0.0477. The number of hydrogen-bond acceptors (Lipinski definition) is 3. The molecule has 1 saturated carbocycles. The molecule has 6 heteroatoms. The van der Waals surface area contributed by atoms with Gasteiger partial charge < -0.3 is 9.88 Å². The molecule has 2 aromatic heterocycles. The number of amides is 1. The molecule has 142 valence electrons. The maximum absolute atomic E-state index is 13.0. The number of aromatic nitrogens is 3. The predicted octanol–water partition coefficient (Wildman–Crippen LogP) is 2.83. The van der Waals surface area contributed by atoms with Crippen LogP contribution in [0.2, 0.25) is 0 Å². The number of aryl methyl sites for hydroxylation is 1. The molecule has 3 atom stereocenters. The summed E-state index contributed by atoms with van der Waals surface area (Å²) in [6.07, 6.45) is 5.04. The average Bonchev–Trinajstić information content (AvgIpc) is 2.95. The fourth-order valence-corrected chi connectivity index (χ4v) is 4.40. The summed E-state index contributed by atoms with van der Waals surface area (Å²) in [5.74, 6) is 0.916. The molecule has 1 amide bonds. The van der Waals surface area contributed by atoms with Crippen molar-refractivity contribution < 1.29 is 4.79 Å². The molecule has 0 saturated heterocycles. The topological polar surface area (TPSA) is 68.9 Å². The van der Waals surface area contributed by atoms with Crippen LogP contribution in [-0.4, -0.2) is 26.3 Å². The molecule has 0 radical (unpaired) electrons. The lowest BCUT2D eigenvalue weighted by atomic mass is 9.78. The van der Waals surface area contributed by atoms with Crippen molar-refractivity contribution in [3.63, 3.8) is 0 Å². The van der Waals surface area contributed by atoms with E-state index in [1.807, 2.05) is 35.9 Å². The van der Waals surface area contributed by atoms with Gasteiger partial charge in [0.15, 0.2) is 0 Å². The molecular formula is C21H26N4O2. The van der Waals surface area contributed by atoms with Gasteiger partial charge in [-0.05, 0) is 24.3 Å². The lowest BCUT2D eigenvalue weighted by Crippen LogP contribution is -2.45. The molecule has 2 heterocycles. The van der Waals surface area contributed by atoms with Crippen LogP contribution in [0.4, 0.5) is 0 Å². The van der Waals surface area contributed by atoms with E-state index in [2.05, 4.69) is 24.3 Å². The van der Waals surface area contributed by atoms with Crippen LogP contribution < -0.4 is 10.9 Å². The number of hydrogen-bond donors (Lipinski definition) is 1. The number of rotatable bonds is 3. The highest BCUT2D eigenvalue weighted by Crippen LogP contribution is 2.29. The molecule has 3 aromatic rings. The number of nitrogens with one attached hydrogen (secondary N) is 1. The molecule has 0 spiro atoms. The lowest BCUT2D eigenvalue weighted by Gasteiger charge is -2.34. The third-order valence-corrected chi connectivity index (χ3v) is 6.26. The van der Waals surface area contributed by atoms with Gasteiger partial charge in [0.2, 0.25) is 5.91 Å². The van der Waals surface area contributed by atoms with E-state index in [4.69, 9.17) is 0 Å². The maximum atomic E-state index is 13.0. The van der Waals surface area contributed by atoms with Crippen molar-refractivity contribution in [3.05, 3.63) is 40.8 Å². The standard InChI is InChI=1S/C21H26N4O2/c1-13-7-6-9-17(14(13)2)23-19(26)12-25-21(27)20-16(11-22-25)15-8-4-5-10-18(15)24(20)3/h4-5,8,10-11,13-14,17H,6-7,9,12H2,1-3H3,(H,23,26). The fourth-order valence-electron chi connectivity index (χ4n) is 4.40. The molecule has 0 aliphatic heterocycles. The molecule has 3 unspecified atom stereocenters. The largest absolute Gasteiger partial charge is 0.351 e. The monoisotopic (exact) mass is 366 g/mol. The normalized spacial score (nSPS) is 23.0. The molecule has 27 heavy (non-hydrogen) atoms. The van der Waals surface area contributed by atoms with Gasteiger partial charge in [0.05, 0.1) is 6.20 Å². The van der Waals surface area contributed by atoms with E-state index in [0.717, 1.165) is 29.1 Å². The zero-order valence-electron chi connectivity index (χ0n) is 16.1. The van der Waals surface area contributed by atoms with Gasteiger partial charge in [0, 0.05) is 29.4 Å².